The van der Waals surface area contributed by atoms with Gasteiger partial charge in [-0.15, -0.1) is 0 Å². The average Bonchev–Trinajstić information content (AvgIpc) is 2.98. The molecule has 0 bridgehead atoms. The van der Waals surface area contributed by atoms with E-state index in [2.05, 4.69) is 5.32 Å². The fraction of sp³-hybridized carbons (Fsp3) is 0.190. The first-order valence-electron chi connectivity index (χ1n) is 9.27. The Morgan fingerprint density at radius 3 is 2.71 bits per heavy atom. The summed E-state index contributed by atoms with van der Waals surface area (Å²) in [6, 6.07) is 11.7. The summed E-state index contributed by atoms with van der Waals surface area (Å²) in [6.07, 6.45) is 1.62. The summed E-state index contributed by atoms with van der Waals surface area (Å²) in [7, 11) is 0. The highest BCUT2D eigenvalue weighted by Gasteiger charge is 2.34. The van der Waals surface area contributed by atoms with Gasteiger partial charge in [0.2, 0.25) is 5.91 Å². The molecule has 0 atom stereocenters. The molecule has 0 saturated carbocycles. The molecule has 160 valence electrons. The average molecular weight is 460 g/mol. The number of hydrogen-bond donors (Lipinski definition) is 1. The van der Waals surface area contributed by atoms with E-state index in [1.807, 2.05) is 31.2 Å². The summed E-state index contributed by atoms with van der Waals surface area (Å²) >= 11 is 6.54. The zero-order valence-corrected chi connectivity index (χ0v) is 18.0. The number of halogens is 1. The largest absolute Gasteiger partial charge is 0.354 e. The van der Waals surface area contributed by atoms with E-state index in [0.717, 1.165) is 27.8 Å². The van der Waals surface area contributed by atoms with Gasteiger partial charge in [0.25, 0.3) is 16.8 Å². The van der Waals surface area contributed by atoms with Gasteiger partial charge in [-0.2, -0.15) is 0 Å². The molecule has 31 heavy (non-hydrogen) atoms. The van der Waals surface area contributed by atoms with Crippen molar-refractivity contribution in [3.05, 3.63) is 79.2 Å². The van der Waals surface area contributed by atoms with Crippen LogP contribution < -0.4 is 5.32 Å². The van der Waals surface area contributed by atoms with Crippen molar-refractivity contribution >= 4 is 52.2 Å². The van der Waals surface area contributed by atoms with Crippen molar-refractivity contribution in [2.75, 3.05) is 13.1 Å². The molecule has 1 fully saturated rings. The number of benzene rings is 2. The number of nitrogens with one attached hydrogen (secondary N) is 1. The van der Waals surface area contributed by atoms with Crippen LogP contribution in [0.4, 0.5) is 10.5 Å². The Labute approximate surface area is 187 Å². The molecule has 1 aliphatic heterocycles. The second-order valence-corrected chi connectivity index (χ2v) is 8.15. The number of amides is 3. The minimum atomic E-state index is -0.620. The van der Waals surface area contributed by atoms with Crippen LogP contribution in [0.25, 0.3) is 6.08 Å². The minimum Gasteiger partial charge on any atom is -0.354 e. The maximum Gasteiger partial charge on any atom is 0.293 e. The lowest BCUT2D eigenvalue weighted by Crippen LogP contribution is -2.37. The number of rotatable bonds is 7. The van der Waals surface area contributed by atoms with E-state index in [4.69, 9.17) is 11.6 Å². The number of nitrogens with zero attached hydrogens (tertiary/aromatic N) is 2. The zero-order chi connectivity index (χ0) is 22.5. The molecule has 0 aromatic heterocycles. The molecule has 0 aliphatic carbocycles. The summed E-state index contributed by atoms with van der Waals surface area (Å²) < 4.78 is 0. The van der Waals surface area contributed by atoms with Gasteiger partial charge in [-0.1, -0.05) is 41.9 Å². The molecule has 0 unspecified atom stereocenters. The Morgan fingerprint density at radius 1 is 1.26 bits per heavy atom. The maximum atomic E-state index is 12.6. The van der Waals surface area contributed by atoms with E-state index >= 15 is 0 Å². The van der Waals surface area contributed by atoms with E-state index in [1.54, 1.807) is 0 Å². The van der Waals surface area contributed by atoms with Crippen molar-refractivity contribution in [2.45, 2.75) is 13.3 Å². The van der Waals surface area contributed by atoms with Gasteiger partial charge in [0.05, 0.1) is 16.2 Å². The number of carbonyl (C=O) groups is 3. The van der Waals surface area contributed by atoms with Crippen LogP contribution >= 0.6 is 23.4 Å². The first-order valence-corrected chi connectivity index (χ1v) is 10.5. The van der Waals surface area contributed by atoms with Crippen LogP contribution in [0.2, 0.25) is 5.02 Å². The zero-order valence-electron chi connectivity index (χ0n) is 16.5. The van der Waals surface area contributed by atoms with E-state index < -0.39 is 16.1 Å². The molecule has 1 saturated heterocycles. The van der Waals surface area contributed by atoms with Crippen LogP contribution in [-0.2, 0) is 16.0 Å². The van der Waals surface area contributed by atoms with Gasteiger partial charge in [0.1, 0.15) is 5.02 Å². The summed E-state index contributed by atoms with van der Waals surface area (Å²) in [5, 5.41) is 13.3. The van der Waals surface area contributed by atoms with Crippen LogP contribution in [-0.4, -0.2) is 40.0 Å². The summed E-state index contributed by atoms with van der Waals surface area (Å²) in [6.45, 7) is 2.08. The van der Waals surface area contributed by atoms with Gasteiger partial charge in [-0.05, 0) is 47.5 Å². The summed E-state index contributed by atoms with van der Waals surface area (Å²) in [5.74, 6) is -0.717. The Bertz CT molecular complexity index is 1100. The van der Waals surface area contributed by atoms with E-state index in [-0.39, 0.29) is 41.0 Å². The lowest BCUT2D eigenvalue weighted by Gasteiger charge is -2.13. The van der Waals surface area contributed by atoms with E-state index in [1.165, 1.54) is 24.3 Å². The Hall–Kier alpha value is -3.17. The van der Waals surface area contributed by atoms with Crippen LogP contribution in [0.3, 0.4) is 0 Å². The van der Waals surface area contributed by atoms with Crippen molar-refractivity contribution in [1.29, 1.82) is 0 Å². The highest BCUT2D eigenvalue weighted by atomic mass is 35.5. The number of nitro benzene ring substituents is 1. The van der Waals surface area contributed by atoms with Gasteiger partial charge in [-0.25, -0.2) is 0 Å². The lowest BCUT2D eigenvalue weighted by atomic mass is 10.1. The van der Waals surface area contributed by atoms with Crippen molar-refractivity contribution < 1.29 is 19.3 Å². The van der Waals surface area contributed by atoms with Crippen LogP contribution in [0, 0.1) is 17.0 Å². The van der Waals surface area contributed by atoms with Gasteiger partial charge in [0.15, 0.2) is 0 Å². The maximum absolute atomic E-state index is 12.6. The second-order valence-electron chi connectivity index (χ2n) is 6.75. The fourth-order valence-corrected chi connectivity index (χ4v) is 4.01. The normalized spacial score (nSPS) is 14.9. The molecule has 3 rings (SSSR count). The minimum absolute atomic E-state index is 0.0170. The predicted molar refractivity (Wildman–Crippen MR) is 119 cm³/mol. The molecule has 3 amide bonds. The number of hydrogen-bond acceptors (Lipinski definition) is 6. The summed E-state index contributed by atoms with van der Waals surface area (Å²) in [5.41, 5.74) is 2.02. The van der Waals surface area contributed by atoms with Crippen LogP contribution in [0.1, 0.15) is 16.7 Å². The molecular weight excluding hydrogens is 442 g/mol. The van der Waals surface area contributed by atoms with Crippen molar-refractivity contribution in [1.82, 2.24) is 10.2 Å². The highest BCUT2D eigenvalue weighted by molar-refractivity contribution is 8.18. The van der Waals surface area contributed by atoms with Gasteiger partial charge >= 0.3 is 0 Å². The van der Waals surface area contributed by atoms with E-state index in [9.17, 15) is 24.5 Å². The van der Waals surface area contributed by atoms with Gasteiger partial charge in [0, 0.05) is 19.2 Å². The third kappa shape index (κ3) is 5.50. The van der Waals surface area contributed by atoms with Gasteiger partial charge in [-0.3, -0.25) is 29.4 Å². The molecule has 8 nitrogen and oxygen atoms in total. The Kier molecular flexibility index (Phi) is 7.09. The van der Waals surface area contributed by atoms with Crippen molar-refractivity contribution in [3.8, 4) is 0 Å². The summed E-state index contributed by atoms with van der Waals surface area (Å²) in [4.78, 5) is 48.5. The third-order valence-corrected chi connectivity index (χ3v) is 5.84. The Morgan fingerprint density at radius 2 is 2.00 bits per heavy atom. The monoisotopic (exact) mass is 459 g/mol. The highest BCUT2D eigenvalue weighted by Crippen LogP contribution is 2.33. The Balaban J connectivity index is 1.60. The molecule has 2 aromatic rings. The second kappa shape index (κ2) is 9.76. The smallest absolute Gasteiger partial charge is 0.293 e. The topological polar surface area (TPSA) is 110 Å². The standard InChI is InChI=1S/C21H18ClN3O5S/c1-13-4-2-3-5-15(13)12-19(26)23-8-9-24-20(27)18(31-21(24)28)11-14-6-7-16(22)17(10-14)25(29)30/h2-7,10-11H,8-9,12H2,1H3,(H,23,26)/b18-11-. The number of aryl methyl sites for hydroxylation is 1. The predicted octanol–water partition coefficient (Wildman–Crippen LogP) is 3.95. The number of carbonyl (C=O) groups excluding carboxylic acids is 3. The fourth-order valence-electron chi connectivity index (χ4n) is 2.95. The van der Waals surface area contributed by atoms with Crippen LogP contribution in [0.5, 0.6) is 0 Å². The van der Waals surface area contributed by atoms with Crippen molar-refractivity contribution in [2.24, 2.45) is 0 Å². The molecular formula is C21H18ClN3O5S. The molecule has 0 spiro atoms. The molecule has 1 aliphatic rings. The SMILES string of the molecule is Cc1ccccc1CC(=O)NCCN1C(=O)S/C(=C\c2ccc(Cl)c([N+](=O)[O-])c2)C1=O. The van der Waals surface area contributed by atoms with E-state index in [0.29, 0.717) is 5.56 Å². The molecule has 1 N–H and O–H groups in total. The first-order chi connectivity index (χ1) is 14.8. The molecule has 2 aromatic carbocycles. The molecule has 1 heterocycles. The quantitative estimate of drug-likeness (QED) is 0.381. The lowest BCUT2D eigenvalue weighted by molar-refractivity contribution is -0.384. The number of imide groups is 1. The third-order valence-electron chi connectivity index (χ3n) is 4.61. The van der Waals surface area contributed by atoms with Gasteiger partial charge < -0.3 is 5.32 Å². The van der Waals surface area contributed by atoms with Crippen molar-refractivity contribution in [3.63, 3.8) is 0 Å². The number of thioether (sulfide) groups is 1. The first kappa shape index (κ1) is 22.5. The number of nitro groups is 1. The molecule has 10 heteroatoms. The molecule has 0 radical (unpaired) electrons. The van der Waals surface area contributed by atoms with Crippen LogP contribution in [0.15, 0.2) is 47.4 Å².